The molecule has 0 bridgehead atoms. The minimum atomic E-state index is -0.782. The molecule has 7 nitrogen and oxygen atoms in total. The summed E-state index contributed by atoms with van der Waals surface area (Å²) in [4.78, 5) is 31.7. The van der Waals surface area contributed by atoms with E-state index in [1.54, 1.807) is 25.4 Å². The van der Waals surface area contributed by atoms with Gasteiger partial charge in [0, 0.05) is 40.2 Å². The topological polar surface area (TPSA) is 91.9 Å². The summed E-state index contributed by atoms with van der Waals surface area (Å²) in [7, 11) is 1.57. The lowest BCUT2D eigenvalue weighted by atomic mass is 9.94. The number of aliphatic hydroxyl groups is 1. The molecule has 1 aromatic heterocycles. The minimum Gasteiger partial charge on any atom is -0.507 e. The normalized spacial score (nSPS) is 18.5. The molecule has 1 saturated heterocycles. The van der Waals surface area contributed by atoms with Crippen LogP contribution in [0, 0.1) is 0 Å². The number of Topliss-reactive ketones (excluding diaryl/α,β-unsaturated/α-hetero) is 1. The fourth-order valence-corrected chi connectivity index (χ4v) is 5.19. The standard InChI is InChI=1S/C29H24N2O5/c1-35-23-9-5-2-6-19(23)16-31-26(21-15-30-22-8-4-3-7-20(21)22)25(28(33)29(31)34)27(32)18-10-11-24-17(14-18)12-13-36-24/h2-11,14-15,26,30,32H,12-13,16H2,1H3/b27-25+. The first kappa shape index (κ1) is 22.0. The van der Waals surface area contributed by atoms with Crippen molar-refractivity contribution in [3.05, 3.63) is 101 Å². The quantitative estimate of drug-likeness (QED) is 0.245. The number of methoxy groups -OCH3 is 1. The van der Waals surface area contributed by atoms with Crippen LogP contribution in [0.4, 0.5) is 0 Å². The number of ketones is 1. The number of hydrogen-bond acceptors (Lipinski definition) is 5. The van der Waals surface area contributed by atoms with E-state index in [9.17, 15) is 14.7 Å². The number of aromatic amines is 1. The maximum atomic E-state index is 13.5. The predicted octanol–water partition coefficient (Wildman–Crippen LogP) is 4.73. The Bertz CT molecular complexity index is 1550. The maximum absolute atomic E-state index is 13.5. The second-order valence-corrected chi connectivity index (χ2v) is 8.95. The largest absolute Gasteiger partial charge is 0.507 e. The molecule has 4 aromatic rings. The first-order valence-corrected chi connectivity index (χ1v) is 11.8. The van der Waals surface area contributed by atoms with Crippen LogP contribution in [-0.2, 0) is 22.6 Å². The number of benzene rings is 3. The fourth-order valence-electron chi connectivity index (χ4n) is 5.19. The van der Waals surface area contributed by atoms with Gasteiger partial charge in [0.05, 0.1) is 31.9 Å². The smallest absolute Gasteiger partial charge is 0.295 e. The number of hydrogen-bond donors (Lipinski definition) is 2. The molecule has 1 atom stereocenters. The molecule has 7 heteroatoms. The van der Waals surface area contributed by atoms with E-state index < -0.39 is 17.7 Å². The van der Waals surface area contributed by atoms with Crippen LogP contribution in [0.2, 0.25) is 0 Å². The number of H-pyrrole nitrogens is 1. The first-order chi connectivity index (χ1) is 17.6. The van der Waals surface area contributed by atoms with E-state index in [0.29, 0.717) is 17.9 Å². The molecule has 3 heterocycles. The van der Waals surface area contributed by atoms with Crippen molar-refractivity contribution in [2.45, 2.75) is 19.0 Å². The van der Waals surface area contributed by atoms with Gasteiger partial charge in [0.2, 0.25) is 0 Å². The van der Waals surface area contributed by atoms with Crippen molar-refractivity contribution in [3.8, 4) is 11.5 Å². The second kappa shape index (κ2) is 8.61. The summed E-state index contributed by atoms with van der Waals surface area (Å²) in [5.74, 6) is -0.176. The monoisotopic (exact) mass is 480 g/mol. The van der Waals surface area contributed by atoms with Gasteiger partial charge in [-0.1, -0.05) is 36.4 Å². The second-order valence-electron chi connectivity index (χ2n) is 8.95. The van der Waals surface area contributed by atoms with Gasteiger partial charge in [0.1, 0.15) is 17.3 Å². The molecular weight excluding hydrogens is 456 g/mol. The van der Waals surface area contributed by atoms with Crippen LogP contribution in [0.15, 0.2) is 78.5 Å². The third-order valence-electron chi connectivity index (χ3n) is 6.95. The highest BCUT2D eigenvalue weighted by Gasteiger charge is 2.47. The van der Waals surface area contributed by atoms with Gasteiger partial charge in [0.25, 0.3) is 11.7 Å². The molecule has 0 radical (unpaired) electrons. The van der Waals surface area contributed by atoms with Crippen LogP contribution >= 0.6 is 0 Å². The van der Waals surface area contributed by atoms with E-state index in [4.69, 9.17) is 9.47 Å². The molecule has 1 fully saturated rings. The van der Waals surface area contributed by atoms with Crippen molar-refractivity contribution < 1.29 is 24.2 Å². The van der Waals surface area contributed by atoms with Gasteiger partial charge in [-0.15, -0.1) is 0 Å². The number of fused-ring (bicyclic) bond motifs is 2. The summed E-state index contributed by atoms with van der Waals surface area (Å²) < 4.78 is 11.1. The predicted molar refractivity (Wildman–Crippen MR) is 135 cm³/mol. The van der Waals surface area contributed by atoms with Crippen LogP contribution in [0.3, 0.4) is 0 Å². The number of nitrogens with zero attached hydrogens (tertiary/aromatic N) is 1. The highest BCUT2D eigenvalue weighted by molar-refractivity contribution is 6.46. The molecule has 2 aliphatic heterocycles. The van der Waals surface area contributed by atoms with E-state index in [1.807, 2.05) is 54.6 Å². The van der Waals surface area contributed by atoms with E-state index in [0.717, 1.165) is 39.8 Å². The summed E-state index contributed by atoms with van der Waals surface area (Å²) in [6.07, 6.45) is 2.53. The highest BCUT2D eigenvalue weighted by Crippen LogP contribution is 2.43. The van der Waals surface area contributed by atoms with Crippen LogP contribution in [-0.4, -0.2) is 40.4 Å². The molecule has 2 aliphatic rings. The first-order valence-electron chi connectivity index (χ1n) is 11.8. The van der Waals surface area contributed by atoms with E-state index >= 15 is 0 Å². The molecule has 2 N–H and O–H groups in total. The number of likely N-dealkylation sites (tertiary alicyclic amines) is 1. The average molecular weight is 481 g/mol. The molecule has 180 valence electrons. The van der Waals surface area contributed by atoms with Crippen LogP contribution in [0.5, 0.6) is 11.5 Å². The van der Waals surface area contributed by atoms with Crippen molar-refractivity contribution >= 4 is 28.4 Å². The third-order valence-corrected chi connectivity index (χ3v) is 6.95. The van der Waals surface area contributed by atoms with Gasteiger partial charge in [-0.3, -0.25) is 9.59 Å². The van der Waals surface area contributed by atoms with Crippen molar-refractivity contribution in [2.24, 2.45) is 0 Å². The van der Waals surface area contributed by atoms with Crippen LogP contribution < -0.4 is 9.47 Å². The lowest BCUT2D eigenvalue weighted by Gasteiger charge is -2.25. The van der Waals surface area contributed by atoms with Gasteiger partial charge in [-0.2, -0.15) is 0 Å². The maximum Gasteiger partial charge on any atom is 0.295 e. The van der Waals surface area contributed by atoms with Crippen LogP contribution in [0.1, 0.15) is 28.3 Å². The molecule has 0 saturated carbocycles. The Hall–Kier alpha value is -4.52. The number of rotatable bonds is 5. The zero-order valence-electron chi connectivity index (χ0n) is 19.7. The molecule has 6 rings (SSSR count). The average Bonchev–Trinajstić information content (AvgIpc) is 3.61. The van der Waals surface area contributed by atoms with E-state index in [2.05, 4.69) is 4.98 Å². The van der Waals surface area contributed by atoms with Gasteiger partial charge in [-0.25, -0.2) is 0 Å². The van der Waals surface area contributed by atoms with Gasteiger partial charge in [-0.05, 0) is 35.9 Å². The Morgan fingerprint density at radius 2 is 1.92 bits per heavy atom. The van der Waals surface area contributed by atoms with Gasteiger partial charge < -0.3 is 24.5 Å². The molecule has 1 unspecified atom stereocenters. The molecule has 0 spiro atoms. The Kier molecular flexibility index (Phi) is 5.25. The number of carbonyl (C=O) groups excluding carboxylic acids is 2. The molecule has 36 heavy (non-hydrogen) atoms. The molecule has 0 aliphatic carbocycles. The third kappa shape index (κ3) is 3.43. The molecule has 3 aromatic carbocycles. The van der Waals surface area contributed by atoms with Gasteiger partial charge >= 0.3 is 0 Å². The van der Waals surface area contributed by atoms with Crippen molar-refractivity contribution in [1.29, 1.82) is 0 Å². The zero-order chi connectivity index (χ0) is 24.8. The summed E-state index contributed by atoms with van der Waals surface area (Å²) in [5, 5.41) is 12.3. The summed E-state index contributed by atoms with van der Waals surface area (Å²) in [5.41, 5.74) is 3.90. The number of ether oxygens (including phenoxy) is 2. The number of para-hydroxylation sites is 2. The number of aromatic nitrogens is 1. The molecular formula is C29H24N2O5. The Labute approximate surface area is 207 Å². The number of aliphatic hydroxyl groups excluding tert-OH is 1. The minimum absolute atomic E-state index is 0.0681. The lowest BCUT2D eigenvalue weighted by Crippen LogP contribution is -2.29. The zero-order valence-corrected chi connectivity index (χ0v) is 19.7. The summed E-state index contributed by atoms with van der Waals surface area (Å²) in [6.45, 7) is 0.728. The summed E-state index contributed by atoms with van der Waals surface area (Å²) in [6, 6.07) is 19.7. The SMILES string of the molecule is COc1ccccc1CN1C(=O)C(=O)/C(=C(/O)c2ccc3c(c2)CCO3)C1c1c[nH]c2ccccc12. The lowest BCUT2D eigenvalue weighted by molar-refractivity contribution is -0.140. The Morgan fingerprint density at radius 3 is 2.78 bits per heavy atom. The Balaban J connectivity index is 1.53. The van der Waals surface area contributed by atoms with E-state index in [1.165, 1.54) is 4.90 Å². The van der Waals surface area contributed by atoms with Crippen molar-refractivity contribution in [2.75, 3.05) is 13.7 Å². The van der Waals surface area contributed by atoms with Crippen molar-refractivity contribution in [3.63, 3.8) is 0 Å². The van der Waals surface area contributed by atoms with Gasteiger partial charge in [0.15, 0.2) is 0 Å². The number of carbonyl (C=O) groups is 2. The highest BCUT2D eigenvalue weighted by atomic mass is 16.5. The Morgan fingerprint density at radius 1 is 1.11 bits per heavy atom. The number of amides is 1. The number of nitrogens with one attached hydrogen (secondary N) is 1. The van der Waals surface area contributed by atoms with Crippen molar-refractivity contribution in [1.82, 2.24) is 9.88 Å². The fraction of sp³-hybridized carbons (Fsp3) is 0.172. The molecule has 1 amide bonds. The van der Waals surface area contributed by atoms with Crippen LogP contribution in [0.25, 0.3) is 16.7 Å². The summed E-state index contributed by atoms with van der Waals surface area (Å²) >= 11 is 0. The van der Waals surface area contributed by atoms with E-state index in [-0.39, 0.29) is 17.9 Å².